The molecule has 3 aromatic rings. The first-order chi connectivity index (χ1) is 20.0. The van der Waals surface area contributed by atoms with E-state index in [1.807, 2.05) is 19.1 Å². The first-order valence-corrected chi connectivity index (χ1v) is 16.6. The van der Waals surface area contributed by atoms with E-state index >= 15 is 0 Å². The Morgan fingerprint density at radius 3 is 1.39 bits per heavy atom. The van der Waals surface area contributed by atoms with Crippen molar-refractivity contribution in [2.24, 2.45) is 5.41 Å². The van der Waals surface area contributed by atoms with E-state index in [9.17, 15) is 4.79 Å². The molecule has 0 unspecified atom stereocenters. The molecule has 3 nitrogen and oxygen atoms in total. The Kier molecular flexibility index (Phi) is 8.83. The number of pyridine rings is 1. The summed E-state index contributed by atoms with van der Waals surface area (Å²) in [7, 11) is 0. The highest BCUT2D eigenvalue weighted by Gasteiger charge is 2.46. The number of Topliss-reactive ketones (excluding diaryl/α,β-unsaturated/α-hetero) is 1. The van der Waals surface area contributed by atoms with Gasteiger partial charge in [-0.15, -0.1) is 0 Å². The van der Waals surface area contributed by atoms with Crippen LogP contribution in [0.3, 0.4) is 0 Å². The predicted octanol–water partition coefficient (Wildman–Crippen LogP) is 10.1. The minimum Gasteiger partial charge on any atom is -0.355 e. The van der Waals surface area contributed by atoms with Crippen LogP contribution in [0.15, 0.2) is 48.5 Å². The lowest BCUT2D eigenvalue weighted by Gasteiger charge is -2.43. The molecule has 1 aliphatic rings. The quantitative estimate of drug-likeness (QED) is 0.295. The van der Waals surface area contributed by atoms with Crippen molar-refractivity contribution in [3.05, 3.63) is 93.2 Å². The topological polar surface area (TPSA) is 33.2 Å². The number of carbonyl (C=O) groups is 1. The van der Waals surface area contributed by atoms with E-state index in [-0.39, 0.29) is 27.4 Å². The zero-order chi connectivity index (χ0) is 33.0. The number of aryl methyl sites for hydroxylation is 1. The second-order valence-corrected chi connectivity index (χ2v) is 17.6. The van der Waals surface area contributed by atoms with E-state index in [0.717, 1.165) is 23.6 Å². The predicted molar refractivity (Wildman–Crippen MR) is 189 cm³/mol. The van der Waals surface area contributed by atoms with Crippen LogP contribution in [-0.4, -0.2) is 23.9 Å². The van der Waals surface area contributed by atoms with Gasteiger partial charge in [0.05, 0.1) is 11.0 Å². The molecule has 0 saturated carbocycles. The number of fused-ring (bicyclic) bond motifs is 1. The van der Waals surface area contributed by atoms with E-state index in [2.05, 4.69) is 131 Å². The standard InChI is InChI=1S/C41H58N2O/c1-15-43-26-41(35(44)34-17-16-27(2)42-36(34)43,24-28-18-30(37(3,4)5)22-31(19-28)38(6,7)8)25-29-20-32(39(9,10)11)23-33(21-29)40(12,13)14/h16-23H,15,24-26H2,1-14H3. The summed E-state index contributed by atoms with van der Waals surface area (Å²) < 4.78 is 0. The lowest BCUT2D eigenvalue weighted by molar-refractivity contribution is 0.0782. The Hall–Kier alpha value is -2.94. The van der Waals surface area contributed by atoms with E-state index < -0.39 is 5.41 Å². The number of carbonyl (C=O) groups excluding carboxylic acids is 1. The summed E-state index contributed by atoms with van der Waals surface area (Å²) in [6.07, 6.45) is 1.38. The molecule has 0 fully saturated rings. The number of anilines is 1. The van der Waals surface area contributed by atoms with Crippen LogP contribution in [0.4, 0.5) is 5.82 Å². The molecule has 238 valence electrons. The molecule has 1 aliphatic heterocycles. The van der Waals surface area contributed by atoms with Crippen molar-refractivity contribution in [2.75, 3.05) is 18.0 Å². The SMILES string of the molecule is CCN1CC(Cc2cc(C(C)(C)C)cc(C(C)(C)C)c2)(Cc2cc(C(C)(C)C)cc(C(C)(C)C)c2)C(=O)c2ccc(C)nc21. The molecule has 2 heterocycles. The van der Waals surface area contributed by atoms with Gasteiger partial charge in [-0.25, -0.2) is 4.98 Å². The molecule has 3 heteroatoms. The van der Waals surface area contributed by atoms with Gasteiger partial charge in [-0.1, -0.05) is 119 Å². The zero-order valence-corrected chi connectivity index (χ0v) is 30.2. The summed E-state index contributed by atoms with van der Waals surface area (Å²) in [6, 6.07) is 18.3. The lowest BCUT2D eigenvalue weighted by Crippen LogP contribution is -2.51. The minimum absolute atomic E-state index is 0.00585. The number of ketones is 1. The van der Waals surface area contributed by atoms with Crippen molar-refractivity contribution in [1.29, 1.82) is 0 Å². The van der Waals surface area contributed by atoms with Crippen LogP contribution in [0.1, 0.15) is 139 Å². The fourth-order valence-corrected chi connectivity index (χ4v) is 6.46. The maximum absolute atomic E-state index is 15.0. The fraction of sp³-hybridized carbons (Fsp3) is 0.561. The second kappa shape index (κ2) is 11.5. The molecule has 4 rings (SSSR count). The molecular weight excluding hydrogens is 536 g/mol. The summed E-state index contributed by atoms with van der Waals surface area (Å²) in [5.41, 5.74) is 8.91. The number of hydrogen-bond acceptors (Lipinski definition) is 3. The van der Waals surface area contributed by atoms with E-state index in [0.29, 0.717) is 19.4 Å². The summed E-state index contributed by atoms with van der Waals surface area (Å²) in [4.78, 5) is 22.2. The maximum atomic E-state index is 15.0. The Morgan fingerprint density at radius 2 is 1.05 bits per heavy atom. The molecule has 0 radical (unpaired) electrons. The van der Waals surface area contributed by atoms with Crippen LogP contribution >= 0.6 is 0 Å². The number of nitrogens with zero attached hydrogens (tertiary/aromatic N) is 2. The van der Waals surface area contributed by atoms with Gasteiger partial charge in [0.1, 0.15) is 5.82 Å². The van der Waals surface area contributed by atoms with Crippen molar-refractivity contribution in [3.8, 4) is 0 Å². The monoisotopic (exact) mass is 594 g/mol. The molecule has 0 spiro atoms. The van der Waals surface area contributed by atoms with Crippen LogP contribution in [-0.2, 0) is 34.5 Å². The van der Waals surface area contributed by atoms with Gasteiger partial charge < -0.3 is 4.90 Å². The van der Waals surface area contributed by atoms with E-state index in [1.54, 1.807) is 0 Å². The Morgan fingerprint density at radius 1 is 0.659 bits per heavy atom. The Labute approximate surface area is 268 Å². The minimum atomic E-state index is -0.628. The van der Waals surface area contributed by atoms with Gasteiger partial charge in [-0.05, 0) is 93.9 Å². The zero-order valence-electron chi connectivity index (χ0n) is 30.2. The van der Waals surface area contributed by atoms with Crippen molar-refractivity contribution in [1.82, 2.24) is 4.98 Å². The summed E-state index contributed by atoms with van der Waals surface area (Å²) >= 11 is 0. The molecule has 44 heavy (non-hydrogen) atoms. The van der Waals surface area contributed by atoms with Gasteiger partial charge >= 0.3 is 0 Å². The highest BCUT2D eigenvalue weighted by atomic mass is 16.1. The first kappa shape index (κ1) is 33.9. The van der Waals surface area contributed by atoms with Gasteiger partial charge in [-0.3, -0.25) is 4.79 Å². The number of rotatable bonds is 5. The molecule has 0 aliphatic carbocycles. The molecular formula is C41H58N2O. The Balaban J connectivity index is 1.98. The highest BCUT2D eigenvalue weighted by Crippen LogP contribution is 2.43. The van der Waals surface area contributed by atoms with Crippen LogP contribution in [0.25, 0.3) is 0 Å². The lowest BCUT2D eigenvalue weighted by atomic mass is 9.67. The third kappa shape index (κ3) is 7.13. The molecule has 0 atom stereocenters. The van der Waals surface area contributed by atoms with E-state index in [1.165, 1.54) is 33.4 Å². The van der Waals surface area contributed by atoms with Crippen molar-refractivity contribution >= 4 is 11.6 Å². The molecule has 1 aromatic heterocycles. The van der Waals surface area contributed by atoms with Crippen molar-refractivity contribution in [2.45, 2.75) is 131 Å². The van der Waals surface area contributed by atoms with Crippen LogP contribution in [0.5, 0.6) is 0 Å². The van der Waals surface area contributed by atoms with Gasteiger partial charge in [0.15, 0.2) is 5.78 Å². The van der Waals surface area contributed by atoms with Crippen LogP contribution < -0.4 is 4.90 Å². The van der Waals surface area contributed by atoms with Crippen LogP contribution in [0.2, 0.25) is 0 Å². The van der Waals surface area contributed by atoms with Crippen molar-refractivity contribution in [3.63, 3.8) is 0 Å². The average Bonchev–Trinajstić information content (AvgIpc) is 2.88. The summed E-state index contributed by atoms with van der Waals surface area (Å²) in [5.74, 6) is 1.06. The van der Waals surface area contributed by atoms with Gasteiger partial charge in [-0.2, -0.15) is 0 Å². The number of aromatic nitrogens is 1. The molecule has 2 aromatic carbocycles. The normalized spacial score (nSPS) is 15.9. The number of hydrogen-bond donors (Lipinski definition) is 0. The molecule has 0 N–H and O–H groups in total. The molecule has 0 saturated heterocycles. The van der Waals surface area contributed by atoms with E-state index in [4.69, 9.17) is 4.98 Å². The third-order valence-corrected chi connectivity index (χ3v) is 9.45. The highest BCUT2D eigenvalue weighted by molar-refractivity contribution is 6.07. The van der Waals surface area contributed by atoms with Gasteiger partial charge in [0.2, 0.25) is 0 Å². The average molecular weight is 595 g/mol. The second-order valence-electron chi connectivity index (χ2n) is 17.6. The largest absolute Gasteiger partial charge is 0.355 e. The van der Waals surface area contributed by atoms with Crippen LogP contribution in [0, 0.1) is 12.3 Å². The van der Waals surface area contributed by atoms with Gasteiger partial charge in [0.25, 0.3) is 0 Å². The van der Waals surface area contributed by atoms with Crippen molar-refractivity contribution < 1.29 is 4.79 Å². The molecule has 0 bridgehead atoms. The fourth-order valence-electron chi connectivity index (χ4n) is 6.46. The number of benzene rings is 2. The van der Waals surface area contributed by atoms with Gasteiger partial charge in [0, 0.05) is 18.8 Å². The maximum Gasteiger partial charge on any atom is 0.175 e. The molecule has 0 amide bonds. The summed E-state index contributed by atoms with van der Waals surface area (Å²) in [5, 5.41) is 0. The first-order valence-electron chi connectivity index (χ1n) is 16.6. The summed E-state index contributed by atoms with van der Waals surface area (Å²) in [6.45, 7) is 33.1. The third-order valence-electron chi connectivity index (χ3n) is 9.45. The smallest absolute Gasteiger partial charge is 0.175 e. The Bertz CT molecular complexity index is 1390.